The van der Waals surface area contributed by atoms with E-state index in [0.717, 1.165) is 50.7 Å². The maximum atomic E-state index is 15.0. The van der Waals surface area contributed by atoms with Crippen molar-refractivity contribution >= 4 is 5.83 Å². The fourth-order valence-electron chi connectivity index (χ4n) is 6.35. The fraction of sp³-hybridized carbons (Fsp3) is 0.588. The molecule has 0 spiro atoms. The van der Waals surface area contributed by atoms with Crippen LogP contribution in [-0.2, 0) is 9.47 Å². The number of hydrogen-bond donors (Lipinski definition) is 0. The zero-order valence-corrected chi connectivity index (χ0v) is 25.9. The molecule has 3 nitrogen and oxygen atoms in total. The van der Waals surface area contributed by atoms with Crippen molar-refractivity contribution in [3.05, 3.63) is 59.2 Å². The zero-order chi connectivity index (χ0) is 34.4. The molecule has 0 saturated heterocycles. The second-order valence-electron chi connectivity index (χ2n) is 12.3. The topological polar surface area (TPSA) is 27.7 Å². The van der Waals surface area contributed by atoms with Gasteiger partial charge in [0, 0.05) is 23.6 Å². The molecule has 47 heavy (non-hydrogen) atoms. The van der Waals surface area contributed by atoms with E-state index in [-0.39, 0.29) is 31.8 Å². The van der Waals surface area contributed by atoms with E-state index in [2.05, 4.69) is 16.4 Å². The second-order valence-corrected chi connectivity index (χ2v) is 12.3. The van der Waals surface area contributed by atoms with Crippen LogP contribution in [0.2, 0.25) is 0 Å². The van der Waals surface area contributed by atoms with E-state index in [1.807, 2.05) is 0 Å². The van der Waals surface area contributed by atoms with Crippen molar-refractivity contribution in [2.75, 3.05) is 6.61 Å². The number of ether oxygens (including phenoxy) is 3. The van der Waals surface area contributed by atoms with Crippen LogP contribution in [0, 0.1) is 29.3 Å². The summed E-state index contributed by atoms with van der Waals surface area (Å²) in [6.45, 7) is 1.01. The number of benzene rings is 2. The molecule has 0 bridgehead atoms. The summed E-state index contributed by atoms with van der Waals surface area (Å²) >= 11 is 0. The number of halogens is 10. The molecular weight excluding hydrogens is 646 g/mol. The van der Waals surface area contributed by atoms with Gasteiger partial charge in [-0.2, -0.15) is 8.78 Å². The fourth-order valence-corrected chi connectivity index (χ4v) is 6.35. The minimum Gasteiger partial charge on any atom is -0.431 e. The Morgan fingerprint density at radius 2 is 1.38 bits per heavy atom. The molecule has 0 heterocycles. The van der Waals surface area contributed by atoms with Gasteiger partial charge in [-0.15, -0.1) is 13.2 Å². The Balaban J connectivity index is 1.36. The Bertz CT molecular complexity index is 1340. The van der Waals surface area contributed by atoms with Gasteiger partial charge in [-0.25, -0.2) is 22.0 Å². The first-order chi connectivity index (χ1) is 22.2. The molecular formula is C34H38F10O3. The van der Waals surface area contributed by atoms with Crippen molar-refractivity contribution in [3.8, 4) is 16.9 Å². The summed E-state index contributed by atoms with van der Waals surface area (Å²) in [6, 6.07) is 3.23. The number of alkyl halides is 5. The van der Waals surface area contributed by atoms with Crippen molar-refractivity contribution in [1.29, 1.82) is 0 Å². The summed E-state index contributed by atoms with van der Waals surface area (Å²) in [7, 11) is 0. The van der Waals surface area contributed by atoms with Crippen LogP contribution >= 0.6 is 0 Å². The van der Waals surface area contributed by atoms with Gasteiger partial charge in [0.25, 0.3) is 0 Å². The molecule has 0 N–H and O–H groups in total. The molecule has 2 saturated carbocycles. The SMILES string of the molecule is CCCCCC1CCC(OCC(F)(F)Oc2cc(F)c(-c3ccc(/C(F)=C(\F)C4CCC(OC(F)(F)F)CC4)c(F)c3)c(F)c2)CC1. The summed E-state index contributed by atoms with van der Waals surface area (Å²) in [5.41, 5.74) is -2.09. The summed E-state index contributed by atoms with van der Waals surface area (Å²) in [6.07, 6.45) is -3.51. The lowest BCUT2D eigenvalue weighted by Gasteiger charge is -2.29. The Labute approximate surface area is 267 Å². The van der Waals surface area contributed by atoms with Crippen LogP contribution in [0.15, 0.2) is 36.2 Å². The predicted molar refractivity (Wildman–Crippen MR) is 155 cm³/mol. The minimum atomic E-state index is -4.86. The van der Waals surface area contributed by atoms with Crippen LogP contribution in [0.5, 0.6) is 5.75 Å². The normalized spacial score (nSPS) is 23.0. The average molecular weight is 685 g/mol. The largest absolute Gasteiger partial charge is 0.522 e. The molecule has 2 aromatic carbocycles. The number of hydrogen-bond acceptors (Lipinski definition) is 3. The minimum absolute atomic E-state index is 0.171. The molecule has 0 radical (unpaired) electrons. The van der Waals surface area contributed by atoms with Crippen molar-refractivity contribution in [2.24, 2.45) is 11.8 Å². The number of rotatable bonds is 13. The lowest BCUT2D eigenvalue weighted by molar-refractivity contribution is -0.345. The highest BCUT2D eigenvalue weighted by Gasteiger charge is 2.37. The van der Waals surface area contributed by atoms with Gasteiger partial charge >= 0.3 is 12.5 Å². The molecule has 4 rings (SSSR count). The standard InChI is InChI=1S/C34H38F10O3/c1-2-3-4-5-20-6-11-23(12-7-20)45-19-33(40,41)46-25-17-28(36)30(29(37)18-25)22-10-15-26(27(35)16-22)32(39)31(38)21-8-13-24(14-9-21)47-34(42,43)44/h10,15-18,20-21,23-24H,2-9,11-14,19H2,1H3/b32-31+. The van der Waals surface area contributed by atoms with E-state index in [1.54, 1.807) is 0 Å². The first kappa shape index (κ1) is 37.0. The number of unbranched alkanes of at least 4 members (excludes halogenated alkanes) is 2. The van der Waals surface area contributed by atoms with Crippen LogP contribution in [0.4, 0.5) is 43.9 Å². The third kappa shape index (κ3) is 10.6. The van der Waals surface area contributed by atoms with Gasteiger partial charge in [-0.1, -0.05) is 38.7 Å². The molecule has 2 aromatic rings. The van der Waals surface area contributed by atoms with Crippen molar-refractivity contribution < 1.29 is 58.1 Å². The molecule has 0 unspecified atom stereocenters. The van der Waals surface area contributed by atoms with E-state index in [1.165, 1.54) is 0 Å². The van der Waals surface area contributed by atoms with Crippen LogP contribution in [-0.4, -0.2) is 31.3 Å². The molecule has 0 aromatic heterocycles. The lowest BCUT2D eigenvalue weighted by atomic mass is 9.84. The van der Waals surface area contributed by atoms with Gasteiger partial charge < -0.3 is 9.47 Å². The molecule has 0 aliphatic heterocycles. The van der Waals surface area contributed by atoms with E-state index in [0.29, 0.717) is 37.0 Å². The number of allylic oxidation sites excluding steroid dienone is 1. The molecule has 0 atom stereocenters. The summed E-state index contributed by atoms with van der Waals surface area (Å²) in [5, 5.41) is 0. The molecule has 262 valence electrons. The molecule has 2 fully saturated rings. The molecule has 0 amide bonds. The first-order valence-corrected chi connectivity index (χ1v) is 15.9. The van der Waals surface area contributed by atoms with E-state index >= 15 is 0 Å². The smallest absolute Gasteiger partial charge is 0.431 e. The summed E-state index contributed by atoms with van der Waals surface area (Å²) < 4.78 is 155. The van der Waals surface area contributed by atoms with Gasteiger partial charge in [0.2, 0.25) is 0 Å². The quantitative estimate of drug-likeness (QED) is 0.155. The summed E-state index contributed by atoms with van der Waals surface area (Å²) in [4.78, 5) is 0. The molecule has 13 heteroatoms. The van der Waals surface area contributed by atoms with Gasteiger partial charge in [0.05, 0.1) is 17.8 Å². The van der Waals surface area contributed by atoms with Crippen LogP contribution in [0.25, 0.3) is 17.0 Å². The highest BCUT2D eigenvalue weighted by atomic mass is 19.4. The molecule has 2 aliphatic rings. The van der Waals surface area contributed by atoms with Gasteiger partial charge in [-0.3, -0.25) is 4.74 Å². The Morgan fingerprint density at radius 3 is 1.96 bits per heavy atom. The van der Waals surface area contributed by atoms with E-state index in [4.69, 9.17) is 4.74 Å². The van der Waals surface area contributed by atoms with Crippen LogP contribution < -0.4 is 4.74 Å². The van der Waals surface area contributed by atoms with Crippen molar-refractivity contribution in [1.82, 2.24) is 0 Å². The van der Waals surface area contributed by atoms with Gasteiger partial charge in [0.1, 0.15) is 29.0 Å². The highest BCUT2D eigenvalue weighted by Crippen LogP contribution is 2.40. The van der Waals surface area contributed by atoms with Crippen LogP contribution in [0.1, 0.15) is 89.5 Å². The first-order valence-electron chi connectivity index (χ1n) is 15.9. The Hall–Kier alpha value is -2.80. The van der Waals surface area contributed by atoms with Crippen molar-refractivity contribution in [2.45, 2.75) is 109 Å². The average Bonchev–Trinajstić information content (AvgIpc) is 2.99. The van der Waals surface area contributed by atoms with E-state index in [9.17, 15) is 43.9 Å². The third-order valence-corrected chi connectivity index (χ3v) is 8.82. The van der Waals surface area contributed by atoms with Crippen molar-refractivity contribution in [3.63, 3.8) is 0 Å². The maximum absolute atomic E-state index is 15.0. The van der Waals surface area contributed by atoms with Gasteiger partial charge in [0.15, 0.2) is 12.4 Å². The Morgan fingerprint density at radius 1 is 0.766 bits per heavy atom. The zero-order valence-electron chi connectivity index (χ0n) is 25.9. The van der Waals surface area contributed by atoms with Crippen LogP contribution in [0.3, 0.4) is 0 Å². The third-order valence-electron chi connectivity index (χ3n) is 8.82. The van der Waals surface area contributed by atoms with E-state index < -0.39 is 82.6 Å². The highest BCUT2D eigenvalue weighted by molar-refractivity contribution is 5.70. The second kappa shape index (κ2) is 16.1. The summed E-state index contributed by atoms with van der Waals surface area (Å²) in [5.74, 6) is -8.46. The van der Waals surface area contributed by atoms with Gasteiger partial charge in [-0.05, 0) is 75.0 Å². The monoisotopic (exact) mass is 684 g/mol. The Kier molecular flexibility index (Phi) is 12.7. The predicted octanol–water partition coefficient (Wildman–Crippen LogP) is 11.6. The lowest BCUT2D eigenvalue weighted by Crippen LogP contribution is -2.34. The molecule has 2 aliphatic carbocycles. The maximum Gasteiger partial charge on any atom is 0.522 e.